The van der Waals surface area contributed by atoms with E-state index in [0.717, 1.165) is 28.9 Å². The molecule has 0 unspecified atom stereocenters. The third-order valence-electron chi connectivity index (χ3n) is 3.71. The molecule has 1 aromatic rings. The van der Waals surface area contributed by atoms with E-state index in [0.29, 0.717) is 0 Å². The van der Waals surface area contributed by atoms with Gasteiger partial charge in [0.2, 0.25) is 0 Å². The lowest BCUT2D eigenvalue weighted by atomic mass is 10.1. The average molecular weight is 356 g/mol. The molecule has 0 saturated carbocycles. The van der Waals surface area contributed by atoms with Gasteiger partial charge in [0.25, 0.3) is 0 Å². The Balaban J connectivity index is 1.94. The molecule has 1 aromatic carbocycles. The van der Waals surface area contributed by atoms with Crippen molar-refractivity contribution in [1.82, 2.24) is 0 Å². The van der Waals surface area contributed by atoms with E-state index < -0.39 is 0 Å². The minimum Gasteiger partial charge on any atom is -0.492 e. The highest BCUT2D eigenvalue weighted by atomic mass is 79.9. The summed E-state index contributed by atoms with van der Waals surface area (Å²) in [4.78, 5) is 0. The third-order valence-corrected chi connectivity index (χ3v) is 4.37. The second-order valence-corrected chi connectivity index (χ2v) is 6.57. The maximum absolute atomic E-state index is 5.76. The molecule has 0 fully saturated rings. The summed E-state index contributed by atoms with van der Waals surface area (Å²) in [5.41, 5.74) is 6.50. The Labute approximate surface area is 138 Å². The van der Waals surface area contributed by atoms with E-state index in [2.05, 4.69) is 22.9 Å². The lowest BCUT2D eigenvalue weighted by Crippen LogP contribution is -1.98. The zero-order valence-electron chi connectivity index (χ0n) is 13.4. The summed E-state index contributed by atoms with van der Waals surface area (Å²) >= 11 is 3.48. The van der Waals surface area contributed by atoms with Crippen LogP contribution in [0.15, 0.2) is 22.7 Å². The lowest BCUT2D eigenvalue weighted by molar-refractivity contribution is 0.302. The highest BCUT2D eigenvalue weighted by Gasteiger charge is 2.01. The number of benzene rings is 1. The lowest BCUT2D eigenvalue weighted by Gasteiger charge is -2.08. The van der Waals surface area contributed by atoms with Crippen LogP contribution < -0.4 is 10.5 Å². The Morgan fingerprint density at radius 1 is 0.905 bits per heavy atom. The third kappa shape index (κ3) is 9.02. The number of hydrogen-bond acceptors (Lipinski definition) is 2. The first-order valence-corrected chi connectivity index (χ1v) is 9.21. The normalized spacial score (nSPS) is 10.8. The fraction of sp³-hybridized carbons (Fsp3) is 0.667. The van der Waals surface area contributed by atoms with Gasteiger partial charge in [-0.05, 0) is 34.5 Å². The minimum atomic E-state index is 0.747. The number of hydrogen-bond donors (Lipinski definition) is 1. The van der Waals surface area contributed by atoms with Gasteiger partial charge in [0.1, 0.15) is 5.75 Å². The molecule has 3 heteroatoms. The van der Waals surface area contributed by atoms with Gasteiger partial charge in [0, 0.05) is 11.8 Å². The van der Waals surface area contributed by atoms with Crippen molar-refractivity contribution in [3.8, 4) is 5.75 Å². The van der Waals surface area contributed by atoms with Crippen molar-refractivity contribution < 1.29 is 4.74 Å². The van der Waals surface area contributed by atoms with Crippen LogP contribution in [0.5, 0.6) is 5.75 Å². The SMILES string of the molecule is CCCCCCCCCCCCOc1cc(N)ccc1Br. The van der Waals surface area contributed by atoms with Crippen molar-refractivity contribution in [3.63, 3.8) is 0 Å². The number of ether oxygens (including phenoxy) is 1. The van der Waals surface area contributed by atoms with Crippen LogP contribution in [0.1, 0.15) is 71.1 Å². The number of anilines is 1. The number of rotatable bonds is 12. The van der Waals surface area contributed by atoms with Gasteiger partial charge in [-0.2, -0.15) is 0 Å². The highest BCUT2D eigenvalue weighted by Crippen LogP contribution is 2.27. The maximum atomic E-state index is 5.76. The predicted octanol–water partition coefficient (Wildman–Crippen LogP) is 6.33. The summed E-state index contributed by atoms with van der Waals surface area (Å²) in [7, 11) is 0. The number of nitrogen functional groups attached to an aromatic ring is 1. The average Bonchev–Trinajstić information content (AvgIpc) is 2.48. The van der Waals surface area contributed by atoms with Gasteiger partial charge in [0.15, 0.2) is 0 Å². The molecular formula is C18H30BrNO. The van der Waals surface area contributed by atoms with Crippen LogP contribution in [0.2, 0.25) is 0 Å². The first-order valence-electron chi connectivity index (χ1n) is 8.42. The van der Waals surface area contributed by atoms with Crippen LogP contribution in [0.3, 0.4) is 0 Å². The van der Waals surface area contributed by atoms with Crippen LogP contribution >= 0.6 is 15.9 Å². The van der Waals surface area contributed by atoms with Gasteiger partial charge < -0.3 is 10.5 Å². The molecule has 0 aliphatic carbocycles. The van der Waals surface area contributed by atoms with Crippen molar-refractivity contribution in [3.05, 3.63) is 22.7 Å². The standard InChI is InChI=1S/C18H30BrNO/c1-2-3-4-5-6-7-8-9-10-11-14-21-18-15-16(20)12-13-17(18)19/h12-13,15H,2-11,14,20H2,1H3. The van der Waals surface area contributed by atoms with Crippen LogP contribution in [0.4, 0.5) is 5.69 Å². The molecule has 0 aromatic heterocycles. The fourth-order valence-corrected chi connectivity index (χ4v) is 2.76. The van der Waals surface area contributed by atoms with Crippen LogP contribution in [-0.4, -0.2) is 6.61 Å². The van der Waals surface area contributed by atoms with Crippen molar-refractivity contribution in [2.75, 3.05) is 12.3 Å². The van der Waals surface area contributed by atoms with Gasteiger partial charge in [-0.25, -0.2) is 0 Å². The van der Waals surface area contributed by atoms with E-state index in [9.17, 15) is 0 Å². The van der Waals surface area contributed by atoms with Gasteiger partial charge >= 0.3 is 0 Å². The van der Waals surface area contributed by atoms with Gasteiger partial charge in [-0.1, -0.05) is 64.7 Å². The summed E-state index contributed by atoms with van der Waals surface area (Å²) in [5.74, 6) is 0.853. The van der Waals surface area contributed by atoms with Crippen molar-refractivity contribution in [2.45, 2.75) is 71.1 Å². The number of nitrogens with two attached hydrogens (primary N) is 1. The molecule has 0 bridgehead atoms. The quantitative estimate of drug-likeness (QED) is 0.351. The Kier molecular flexibility index (Phi) is 10.4. The first-order chi connectivity index (χ1) is 10.2. The van der Waals surface area contributed by atoms with Crippen molar-refractivity contribution in [2.24, 2.45) is 0 Å². The smallest absolute Gasteiger partial charge is 0.135 e. The summed E-state index contributed by atoms with van der Waals surface area (Å²) in [5, 5.41) is 0. The van der Waals surface area contributed by atoms with Crippen LogP contribution in [0.25, 0.3) is 0 Å². The summed E-state index contributed by atoms with van der Waals surface area (Å²) < 4.78 is 6.74. The molecule has 0 amide bonds. The molecule has 0 aliphatic heterocycles. The van der Waals surface area contributed by atoms with E-state index in [1.54, 1.807) is 0 Å². The minimum absolute atomic E-state index is 0.747. The van der Waals surface area contributed by atoms with E-state index in [4.69, 9.17) is 10.5 Å². The van der Waals surface area contributed by atoms with Gasteiger partial charge in [-0.15, -0.1) is 0 Å². The van der Waals surface area contributed by atoms with Crippen molar-refractivity contribution >= 4 is 21.6 Å². The largest absolute Gasteiger partial charge is 0.492 e. The van der Waals surface area contributed by atoms with Gasteiger partial charge in [-0.3, -0.25) is 0 Å². The predicted molar refractivity (Wildman–Crippen MR) is 95.9 cm³/mol. The molecule has 0 radical (unpaired) electrons. The Morgan fingerprint density at radius 2 is 1.48 bits per heavy atom. The van der Waals surface area contributed by atoms with Crippen LogP contribution in [-0.2, 0) is 0 Å². The van der Waals surface area contributed by atoms with Crippen LogP contribution in [0, 0.1) is 0 Å². The molecule has 0 saturated heterocycles. The number of unbranched alkanes of at least 4 members (excludes halogenated alkanes) is 9. The Hall–Kier alpha value is -0.700. The van der Waals surface area contributed by atoms with E-state index in [1.807, 2.05) is 18.2 Å². The molecule has 2 nitrogen and oxygen atoms in total. The molecular weight excluding hydrogens is 326 g/mol. The zero-order valence-corrected chi connectivity index (χ0v) is 15.0. The first kappa shape index (κ1) is 18.3. The summed E-state index contributed by atoms with van der Waals surface area (Å²) in [6.45, 7) is 3.04. The molecule has 120 valence electrons. The van der Waals surface area contributed by atoms with Gasteiger partial charge in [0.05, 0.1) is 11.1 Å². The van der Waals surface area contributed by atoms with Crippen molar-refractivity contribution in [1.29, 1.82) is 0 Å². The molecule has 0 heterocycles. The van der Waals surface area contributed by atoms with E-state index in [1.165, 1.54) is 57.8 Å². The molecule has 0 spiro atoms. The summed E-state index contributed by atoms with van der Waals surface area (Å²) in [6, 6.07) is 5.68. The second-order valence-electron chi connectivity index (χ2n) is 5.72. The Morgan fingerprint density at radius 3 is 2.10 bits per heavy atom. The topological polar surface area (TPSA) is 35.2 Å². The number of halogens is 1. The zero-order chi connectivity index (χ0) is 15.3. The molecule has 2 N–H and O–H groups in total. The highest BCUT2D eigenvalue weighted by molar-refractivity contribution is 9.10. The monoisotopic (exact) mass is 355 g/mol. The molecule has 21 heavy (non-hydrogen) atoms. The fourth-order valence-electron chi connectivity index (χ4n) is 2.40. The molecule has 0 atom stereocenters. The molecule has 1 rings (SSSR count). The summed E-state index contributed by atoms with van der Waals surface area (Å²) in [6.07, 6.45) is 13.5. The molecule has 0 aliphatic rings. The maximum Gasteiger partial charge on any atom is 0.135 e. The second kappa shape index (κ2) is 11.9. The van der Waals surface area contributed by atoms with E-state index >= 15 is 0 Å². The van der Waals surface area contributed by atoms with E-state index in [-0.39, 0.29) is 0 Å². The Bertz CT molecular complexity index is 381.